The maximum Gasteiger partial charge on any atom is 0.293 e. The van der Waals surface area contributed by atoms with Gasteiger partial charge in [-0.2, -0.15) is 16.6 Å². The van der Waals surface area contributed by atoms with E-state index in [1.165, 1.54) is 6.07 Å². The summed E-state index contributed by atoms with van der Waals surface area (Å²) in [5.74, 6) is 0. The number of nitrogens with zero attached hydrogens (tertiary/aromatic N) is 2. The van der Waals surface area contributed by atoms with Gasteiger partial charge in [0.05, 0.1) is 16.6 Å². The third-order valence-corrected chi connectivity index (χ3v) is 3.66. The maximum absolute atomic E-state index is 11.0. The van der Waals surface area contributed by atoms with Gasteiger partial charge in [0.15, 0.2) is 0 Å². The topological polar surface area (TPSA) is 79.0 Å². The molecule has 2 rings (SSSR count). The maximum atomic E-state index is 11.0. The second kappa shape index (κ2) is 5.50. The summed E-state index contributed by atoms with van der Waals surface area (Å²) >= 11 is 1.60. The van der Waals surface area contributed by atoms with Gasteiger partial charge in [-0.15, -0.1) is 0 Å². The highest BCUT2D eigenvalue weighted by Gasteiger charge is 2.14. The summed E-state index contributed by atoms with van der Waals surface area (Å²) < 4.78 is 0. The van der Waals surface area contributed by atoms with Gasteiger partial charge in [-0.05, 0) is 40.9 Å². The fraction of sp³-hybridized carbons (Fsp3) is 0.154. The lowest BCUT2D eigenvalue weighted by atomic mass is 10.1. The average Bonchev–Trinajstić information content (AvgIpc) is 2.81. The van der Waals surface area contributed by atoms with Gasteiger partial charge in [-0.1, -0.05) is 0 Å². The van der Waals surface area contributed by atoms with Gasteiger partial charge in [-0.3, -0.25) is 10.1 Å². The Balaban J connectivity index is 2.23. The third kappa shape index (κ3) is 2.89. The first-order valence-electron chi connectivity index (χ1n) is 5.56. The lowest BCUT2D eigenvalue weighted by molar-refractivity contribution is -0.384. The molecule has 0 spiro atoms. The van der Waals surface area contributed by atoms with Crippen LogP contribution < -0.4 is 5.32 Å². The molecule has 19 heavy (non-hydrogen) atoms. The van der Waals surface area contributed by atoms with Gasteiger partial charge in [-0.25, -0.2) is 0 Å². The first-order chi connectivity index (χ1) is 9.11. The van der Waals surface area contributed by atoms with Crippen LogP contribution >= 0.6 is 11.3 Å². The van der Waals surface area contributed by atoms with Crippen LogP contribution in [0.15, 0.2) is 29.0 Å². The summed E-state index contributed by atoms with van der Waals surface area (Å²) in [5, 5.41) is 26.8. The van der Waals surface area contributed by atoms with E-state index in [-0.39, 0.29) is 11.3 Å². The molecular formula is C13H11N3O2S. The predicted octanol–water partition coefficient (Wildman–Crippen LogP) is 3.45. The number of benzene rings is 1. The normalized spacial score (nSPS) is 9.89. The highest BCUT2D eigenvalue weighted by molar-refractivity contribution is 7.08. The molecule has 2 aromatic rings. The van der Waals surface area contributed by atoms with Gasteiger partial charge in [0.2, 0.25) is 0 Å². The zero-order chi connectivity index (χ0) is 13.8. The van der Waals surface area contributed by atoms with Crippen molar-refractivity contribution in [3.63, 3.8) is 0 Å². The monoisotopic (exact) mass is 273 g/mol. The van der Waals surface area contributed by atoms with Crippen molar-refractivity contribution in [2.75, 3.05) is 5.32 Å². The summed E-state index contributed by atoms with van der Waals surface area (Å²) in [5.41, 5.74) is 2.91. The van der Waals surface area contributed by atoms with Crippen molar-refractivity contribution < 1.29 is 4.92 Å². The van der Waals surface area contributed by atoms with Crippen molar-refractivity contribution in [3.05, 3.63) is 55.8 Å². The van der Waals surface area contributed by atoms with E-state index < -0.39 is 4.92 Å². The Bertz CT molecular complexity index is 658. The van der Waals surface area contributed by atoms with E-state index in [1.54, 1.807) is 23.5 Å². The molecule has 6 heteroatoms. The second-order valence-corrected chi connectivity index (χ2v) is 4.78. The number of nitriles is 1. The average molecular weight is 273 g/mol. The standard InChI is InChI=1S/C13H11N3O2S/c1-9-7-19-8-11(9)6-15-12-3-2-10(5-14)4-13(12)16(17)18/h2-4,7-8,15H,6H2,1H3. The Morgan fingerprint density at radius 2 is 2.26 bits per heavy atom. The quantitative estimate of drug-likeness (QED) is 0.683. The van der Waals surface area contributed by atoms with E-state index in [9.17, 15) is 10.1 Å². The molecule has 0 saturated heterocycles. The van der Waals surface area contributed by atoms with Crippen molar-refractivity contribution in [2.24, 2.45) is 0 Å². The molecule has 0 atom stereocenters. The number of anilines is 1. The minimum Gasteiger partial charge on any atom is -0.375 e. The fourth-order valence-corrected chi connectivity index (χ4v) is 2.52. The van der Waals surface area contributed by atoms with E-state index in [0.29, 0.717) is 12.2 Å². The van der Waals surface area contributed by atoms with E-state index in [2.05, 4.69) is 5.32 Å². The minimum atomic E-state index is -0.482. The van der Waals surface area contributed by atoms with E-state index in [4.69, 9.17) is 5.26 Å². The SMILES string of the molecule is Cc1cscc1CNc1ccc(C#N)cc1[N+](=O)[O-]. The lowest BCUT2D eigenvalue weighted by Gasteiger charge is -2.07. The fourth-order valence-electron chi connectivity index (χ4n) is 1.66. The zero-order valence-corrected chi connectivity index (χ0v) is 11.0. The van der Waals surface area contributed by atoms with Gasteiger partial charge in [0, 0.05) is 12.6 Å². The Labute approximate surface area is 114 Å². The first-order valence-corrected chi connectivity index (χ1v) is 6.50. The minimum absolute atomic E-state index is 0.0769. The third-order valence-electron chi connectivity index (χ3n) is 2.75. The van der Waals surface area contributed by atoms with Crippen LogP contribution in [-0.4, -0.2) is 4.92 Å². The van der Waals surface area contributed by atoms with E-state index >= 15 is 0 Å². The van der Waals surface area contributed by atoms with Crippen molar-refractivity contribution in [1.29, 1.82) is 5.26 Å². The molecule has 5 nitrogen and oxygen atoms in total. The summed E-state index contributed by atoms with van der Waals surface area (Å²) in [6.07, 6.45) is 0. The van der Waals surface area contributed by atoms with Gasteiger partial charge < -0.3 is 5.32 Å². The van der Waals surface area contributed by atoms with Crippen LogP contribution in [0.2, 0.25) is 0 Å². The van der Waals surface area contributed by atoms with Crippen LogP contribution in [0.5, 0.6) is 0 Å². The number of nitrogens with one attached hydrogen (secondary N) is 1. The smallest absolute Gasteiger partial charge is 0.293 e. The van der Waals surface area contributed by atoms with Gasteiger partial charge in [0.1, 0.15) is 5.69 Å². The summed E-state index contributed by atoms with van der Waals surface area (Å²) in [7, 11) is 0. The summed E-state index contributed by atoms with van der Waals surface area (Å²) in [6, 6.07) is 6.31. The number of thiophene rings is 1. The number of hydrogen-bond acceptors (Lipinski definition) is 5. The molecule has 0 aliphatic rings. The molecule has 0 saturated carbocycles. The van der Waals surface area contributed by atoms with Crippen molar-refractivity contribution >= 4 is 22.7 Å². The molecule has 0 amide bonds. The van der Waals surface area contributed by atoms with E-state index in [1.807, 2.05) is 23.8 Å². The van der Waals surface area contributed by atoms with Gasteiger partial charge in [0.25, 0.3) is 5.69 Å². The van der Waals surface area contributed by atoms with Crippen LogP contribution in [0, 0.1) is 28.4 Å². The molecular weight excluding hydrogens is 262 g/mol. The Hall–Kier alpha value is -2.39. The summed E-state index contributed by atoms with van der Waals surface area (Å²) in [6.45, 7) is 2.53. The van der Waals surface area contributed by atoms with Crippen LogP contribution in [0.4, 0.5) is 11.4 Å². The van der Waals surface area contributed by atoms with Crippen molar-refractivity contribution in [3.8, 4) is 6.07 Å². The lowest BCUT2D eigenvalue weighted by Crippen LogP contribution is -2.03. The van der Waals surface area contributed by atoms with Crippen LogP contribution in [0.25, 0.3) is 0 Å². The molecule has 0 unspecified atom stereocenters. The zero-order valence-electron chi connectivity index (χ0n) is 10.2. The first kappa shape index (κ1) is 13.1. The number of nitro benzene ring substituents is 1. The van der Waals surface area contributed by atoms with Crippen LogP contribution in [0.3, 0.4) is 0 Å². The number of nitro groups is 1. The van der Waals surface area contributed by atoms with Crippen LogP contribution in [0.1, 0.15) is 16.7 Å². The Morgan fingerprint density at radius 3 is 2.84 bits per heavy atom. The Morgan fingerprint density at radius 1 is 1.47 bits per heavy atom. The van der Waals surface area contributed by atoms with Crippen molar-refractivity contribution in [1.82, 2.24) is 0 Å². The molecule has 0 bridgehead atoms. The molecule has 1 heterocycles. The molecule has 1 aromatic carbocycles. The number of aryl methyl sites for hydroxylation is 1. The second-order valence-electron chi connectivity index (χ2n) is 4.03. The highest BCUT2D eigenvalue weighted by Crippen LogP contribution is 2.26. The molecule has 1 aromatic heterocycles. The predicted molar refractivity (Wildman–Crippen MR) is 74.2 cm³/mol. The number of rotatable bonds is 4. The van der Waals surface area contributed by atoms with Gasteiger partial charge >= 0.3 is 0 Å². The highest BCUT2D eigenvalue weighted by atomic mass is 32.1. The summed E-state index contributed by atoms with van der Waals surface area (Å²) in [4.78, 5) is 10.5. The Kier molecular flexibility index (Phi) is 3.78. The molecule has 0 fully saturated rings. The van der Waals surface area contributed by atoms with Crippen molar-refractivity contribution in [2.45, 2.75) is 13.5 Å². The molecule has 1 N–H and O–H groups in total. The largest absolute Gasteiger partial charge is 0.375 e. The van der Waals surface area contributed by atoms with E-state index in [0.717, 1.165) is 11.1 Å². The molecule has 96 valence electrons. The molecule has 0 aliphatic carbocycles. The molecule has 0 radical (unpaired) electrons. The molecule has 0 aliphatic heterocycles. The van der Waals surface area contributed by atoms with Crippen LogP contribution in [-0.2, 0) is 6.54 Å². The number of hydrogen-bond donors (Lipinski definition) is 1.